The van der Waals surface area contributed by atoms with E-state index in [9.17, 15) is 9.59 Å². The summed E-state index contributed by atoms with van der Waals surface area (Å²) >= 11 is 0. The second-order valence-corrected chi connectivity index (χ2v) is 5.83. The van der Waals surface area contributed by atoms with E-state index in [2.05, 4.69) is 20.6 Å². The van der Waals surface area contributed by atoms with Crippen LogP contribution in [0.5, 0.6) is 0 Å². The smallest absolute Gasteiger partial charge is 0.272 e. The lowest BCUT2D eigenvalue weighted by Crippen LogP contribution is -2.52. The minimum absolute atomic E-state index is 0.0232. The van der Waals surface area contributed by atoms with Crippen molar-refractivity contribution >= 4 is 11.8 Å². The van der Waals surface area contributed by atoms with Crippen molar-refractivity contribution in [2.24, 2.45) is 11.8 Å². The van der Waals surface area contributed by atoms with Gasteiger partial charge >= 0.3 is 0 Å². The number of carbonyl (C=O) groups is 2. The first-order valence-corrected chi connectivity index (χ1v) is 7.20. The Morgan fingerprint density at radius 1 is 1.00 bits per heavy atom. The van der Waals surface area contributed by atoms with Gasteiger partial charge in [0.05, 0.1) is 6.20 Å². The topological polar surface area (TPSA) is 84.0 Å². The molecule has 0 aliphatic carbocycles. The first-order chi connectivity index (χ1) is 9.82. The number of carbonyl (C=O) groups excluding carboxylic acids is 2. The summed E-state index contributed by atoms with van der Waals surface area (Å²) in [6, 6.07) is -0.548. The summed E-state index contributed by atoms with van der Waals surface area (Å²) < 4.78 is 0. The van der Waals surface area contributed by atoms with Gasteiger partial charge in [0, 0.05) is 18.4 Å². The maximum Gasteiger partial charge on any atom is 0.272 e. The van der Waals surface area contributed by atoms with Crippen LogP contribution >= 0.6 is 0 Å². The minimum atomic E-state index is -0.597. The molecular weight excluding hydrogens is 268 g/mol. The third-order valence-corrected chi connectivity index (χ3v) is 3.40. The van der Waals surface area contributed by atoms with E-state index < -0.39 is 11.9 Å². The first kappa shape index (κ1) is 17.1. The Labute approximate surface area is 125 Å². The molecule has 2 atom stereocenters. The molecule has 0 radical (unpaired) electrons. The molecule has 1 aromatic rings. The number of aromatic nitrogens is 2. The fraction of sp³-hybridized carbons (Fsp3) is 0.600. The summed E-state index contributed by atoms with van der Waals surface area (Å²) in [6.45, 7) is 9.80. The van der Waals surface area contributed by atoms with E-state index in [1.54, 1.807) is 0 Å². The maximum atomic E-state index is 12.3. The Kier molecular flexibility index (Phi) is 6.27. The molecular formula is C15H24N4O2. The predicted octanol–water partition coefficient (Wildman–Crippen LogP) is 1.39. The van der Waals surface area contributed by atoms with E-state index in [4.69, 9.17) is 0 Å². The van der Waals surface area contributed by atoms with Crippen molar-refractivity contribution in [2.75, 3.05) is 0 Å². The summed E-state index contributed by atoms with van der Waals surface area (Å²) in [6.07, 6.45) is 4.31. The molecule has 0 saturated heterocycles. The van der Waals surface area contributed by atoms with Gasteiger partial charge in [-0.1, -0.05) is 27.7 Å². The lowest BCUT2D eigenvalue weighted by molar-refractivity contribution is -0.124. The Hall–Kier alpha value is -1.98. The highest BCUT2D eigenvalue weighted by molar-refractivity contribution is 5.96. The van der Waals surface area contributed by atoms with Crippen LogP contribution in [-0.2, 0) is 4.79 Å². The van der Waals surface area contributed by atoms with E-state index in [0.717, 1.165) is 0 Å². The molecule has 6 heteroatoms. The second kappa shape index (κ2) is 7.71. The van der Waals surface area contributed by atoms with Crippen molar-refractivity contribution in [3.05, 3.63) is 24.3 Å². The monoisotopic (exact) mass is 292 g/mol. The van der Waals surface area contributed by atoms with Gasteiger partial charge in [0.15, 0.2) is 0 Å². The Bertz CT molecular complexity index is 474. The molecule has 0 spiro atoms. The van der Waals surface area contributed by atoms with Gasteiger partial charge in [-0.25, -0.2) is 4.98 Å². The highest BCUT2D eigenvalue weighted by Crippen LogP contribution is 2.06. The van der Waals surface area contributed by atoms with Crippen molar-refractivity contribution < 1.29 is 9.59 Å². The van der Waals surface area contributed by atoms with Crippen molar-refractivity contribution in [3.8, 4) is 0 Å². The third kappa shape index (κ3) is 5.13. The minimum Gasteiger partial charge on any atom is -0.352 e. The average Bonchev–Trinajstić information content (AvgIpc) is 2.44. The molecule has 0 aromatic carbocycles. The zero-order chi connectivity index (χ0) is 16.0. The fourth-order valence-corrected chi connectivity index (χ4v) is 1.65. The van der Waals surface area contributed by atoms with E-state index in [1.807, 2.05) is 34.6 Å². The fourth-order valence-electron chi connectivity index (χ4n) is 1.65. The van der Waals surface area contributed by atoms with E-state index in [1.165, 1.54) is 18.6 Å². The molecule has 1 heterocycles. The van der Waals surface area contributed by atoms with Gasteiger partial charge in [-0.2, -0.15) is 0 Å². The number of hydrogen-bond donors (Lipinski definition) is 2. The molecule has 1 unspecified atom stereocenters. The largest absolute Gasteiger partial charge is 0.352 e. The average molecular weight is 292 g/mol. The zero-order valence-electron chi connectivity index (χ0n) is 13.3. The van der Waals surface area contributed by atoms with Crippen LogP contribution in [-0.4, -0.2) is 33.9 Å². The van der Waals surface area contributed by atoms with Crippen LogP contribution in [0, 0.1) is 11.8 Å². The SMILES string of the molecule is CC(C)C(C)NC(=O)[C@@H](NC(=O)c1cnccn1)C(C)C. The first-order valence-electron chi connectivity index (χ1n) is 7.20. The van der Waals surface area contributed by atoms with Gasteiger partial charge in [0.1, 0.15) is 11.7 Å². The standard InChI is InChI=1S/C15H24N4O2/c1-9(2)11(5)18-15(21)13(10(3)4)19-14(20)12-8-16-6-7-17-12/h6-11,13H,1-5H3,(H,18,21)(H,19,20)/t11?,13-/m0/s1. The van der Waals surface area contributed by atoms with Crippen LogP contribution in [0.1, 0.15) is 45.1 Å². The quantitative estimate of drug-likeness (QED) is 0.830. The van der Waals surface area contributed by atoms with Gasteiger partial charge in [0.2, 0.25) is 5.91 Å². The Morgan fingerprint density at radius 2 is 1.67 bits per heavy atom. The van der Waals surface area contributed by atoms with E-state index in [-0.39, 0.29) is 23.6 Å². The van der Waals surface area contributed by atoms with Crippen molar-refractivity contribution in [2.45, 2.75) is 46.7 Å². The van der Waals surface area contributed by atoms with Crippen LogP contribution in [0.25, 0.3) is 0 Å². The normalized spacial score (nSPS) is 13.9. The number of rotatable bonds is 6. The summed E-state index contributed by atoms with van der Waals surface area (Å²) in [5, 5.41) is 5.65. The van der Waals surface area contributed by atoms with Gasteiger partial charge in [-0.15, -0.1) is 0 Å². The zero-order valence-corrected chi connectivity index (χ0v) is 13.3. The highest BCUT2D eigenvalue weighted by Gasteiger charge is 2.26. The van der Waals surface area contributed by atoms with Gasteiger partial charge in [0.25, 0.3) is 5.91 Å². The molecule has 1 aromatic heterocycles. The molecule has 0 fully saturated rings. The summed E-state index contributed by atoms with van der Waals surface area (Å²) in [4.78, 5) is 32.2. The number of nitrogens with zero attached hydrogens (tertiary/aromatic N) is 2. The molecule has 116 valence electrons. The summed E-state index contributed by atoms with van der Waals surface area (Å²) in [5.74, 6) is -0.264. The lowest BCUT2D eigenvalue weighted by atomic mass is 10.0. The molecule has 2 amide bonds. The maximum absolute atomic E-state index is 12.3. The number of amides is 2. The van der Waals surface area contributed by atoms with Crippen LogP contribution in [0.3, 0.4) is 0 Å². The van der Waals surface area contributed by atoms with Crippen LogP contribution in [0.15, 0.2) is 18.6 Å². The van der Waals surface area contributed by atoms with Crippen LogP contribution < -0.4 is 10.6 Å². The Morgan fingerprint density at radius 3 is 2.14 bits per heavy atom. The van der Waals surface area contributed by atoms with Crippen LogP contribution in [0.4, 0.5) is 0 Å². The summed E-state index contributed by atoms with van der Waals surface area (Å²) in [5.41, 5.74) is 0.202. The van der Waals surface area contributed by atoms with Crippen molar-refractivity contribution in [1.82, 2.24) is 20.6 Å². The molecule has 21 heavy (non-hydrogen) atoms. The van der Waals surface area contributed by atoms with Crippen LogP contribution in [0.2, 0.25) is 0 Å². The highest BCUT2D eigenvalue weighted by atomic mass is 16.2. The predicted molar refractivity (Wildman–Crippen MR) is 80.6 cm³/mol. The molecule has 0 aliphatic rings. The number of nitrogens with one attached hydrogen (secondary N) is 2. The van der Waals surface area contributed by atoms with Crippen molar-refractivity contribution in [3.63, 3.8) is 0 Å². The van der Waals surface area contributed by atoms with Crippen molar-refractivity contribution in [1.29, 1.82) is 0 Å². The third-order valence-electron chi connectivity index (χ3n) is 3.40. The molecule has 0 bridgehead atoms. The molecule has 0 saturated carbocycles. The molecule has 0 aliphatic heterocycles. The molecule has 6 nitrogen and oxygen atoms in total. The molecule has 1 rings (SSSR count). The van der Waals surface area contributed by atoms with Gasteiger partial charge in [-0.05, 0) is 18.8 Å². The summed E-state index contributed by atoms with van der Waals surface area (Å²) in [7, 11) is 0. The van der Waals surface area contributed by atoms with Gasteiger partial charge < -0.3 is 10.6 Å². The van der Waals surface area contributed by atoms with Gasteiger partial charge in [-0.3, -0.25) is 14.6 Å². The Balaban J connectivity index is 2.74. The van der Waals surface area contributed by atoms with E-state index >= 15 is 0 Å². The molecule has 2 N–H and O–H groups in total. The second-order valence-electron chi connectivity index (χ2n) is 5.83. The van der Waals surface area contributed by atoms with E-state index in [0.29, 0.717) is 5.92 Å². The lowest BCUT2D eigenvalue weighted by Gasteiger charge is -2.25. The number of hydrogen-bond acceptors (Lipinski definition) is 4.